The summed E-state index contributed by atoms with van der Waals surface area (Å²) < 4.78 is 1.75. The molecule has 2 aromatic rings. The molecule has 1 heterocycles. The summed E-state index contributed by atoms with van der Waals surface area (Å²) in [6.45, 7) is 3.90. The minimum absolute atomic E-state index is 0.0612. The third-order valence-electron chi connectivity index (χ3n) is 3.39. The van der Waals surface area contributed by atoms with E-state index in [2.05, 4.69) is 5.32 Å². The van der Waals surface area contributed by atoms with E-state index < -0.39 is 12.0 Å². The van der Waals surface area contributed by atoms with Crippen molar-refractivity contribution in [3.8, 4) is 0 Å². The molecule has 0 spiro atoms. The molecule has 118 valence electrons. The molecule has 0 fully saturated rings. The number of nitrogens with one attached hydrogen (secondary N) is 1. The molecule has 0 saturated heterocycles. The van der Waals surface area contributed by atoms with Crippen LogP contribution in [0.2, 0.25) is 5.02 Å². The average Bonchev–Trinajstić information content (AvgIpc) is 2.80. The normalized spacial score (nSPS) is 12.5. The molecule has 1 aromatic carbocycles. The number of carbonyl (C=O) groups excluding carboxylic acids is 1. The number of halogens is 1. The number of aliphatic carboxylic acids is 1. The van der Waals surface area contributed by atoms with Crippen LogP contribution in [0, 0.1) is 5.92 Å². The fourth-order valence-corrected chi connectivity index (χ4v) is 2.55. The maximum Gasteiger partial charge on any atom is 0.326 e. The first kappa shape index (κ1) is 16.4. The van der Waals surface area contributed by atoms with Crippen molar-refractivity contribution in [1.29, 1.82) is 0 Å². The summed E-state index contributed by atoms with van der Waals surface area (Å²) in [6, 6.07) is 6.48. The lowest BCUT2D eigenvalue weighted by Gasteiger charge is -2.17. The van der Waals surface area contributed by atoms with Gasteiger partial charge in [0.25, 0.3) is 0 Å². The van der Waals surface area contributed by atoms with Gasteiger partial charge in [-0.3, -0.25) is 4.79 Å². The van der Waals surface area contributed by atoms with Crippen molar-refractivity contribution in [2.24, 2.45) is 5.92 Å². The Morgan fingerprint density at radius 1 is 1.32 bits per heavy atom. The summed E-state index contributed by atoms with van der Waals surface area (Å²) in [5, 5.41) is 13.3. The maximum atomic E-state index is 12.1. The molecule has 0 aliphatic rings. The monoisotopic (exact) mass is 322 g/mol. The van der Waals surface area contributed by atoms with Gasteiger partial charge in [-0.1, -0.05) is 31.5 Å². The number of benzene rings is 1. The number of carboxylic acid groups (broad SMARTS) is 1. The fourth-order valence-electron chi connectivity index (χ4n) is 2.38. The molecule has 0 aliphatic carbocycles. The van der Waals surface area contributed by atoms with Gasteiger partial charge in [0.2, 0.25) is 5.91 Å². The van der Waals surface area contributed by atoms with Gasteiger partial charge in [-0.05, 0) is 35.9 Å². The van der Waals surface area contributed by atoms with Gasteiger partial charge >= 0.3 is 5.97 Å². The van der Waals surface area contributed by atoms with Gasteiger partial charge < -0.3 is 15.0 Å². The van der Waals surface area contributed by atoms with Crippen molar-refractivity contribution in [2.45, 2.75) is 32.9 Å². The van der Waals surface area contributed by atoms with Crippen LogP contribution < -0.4 is 5.32 Å². The van der Waals surface area contributed by atoms with E-state index in [1.54, 1.807) is 22.9 Å². The molecular formula is C16H19ClN2O3. The summed E-state index contributed by atoms with van der Waals surface area (Å²) in [7, 11) is 0. The zero-order valence-electron chi connectivity index (χ0n) is 12.5. The molecule has 5 nitrogen and oxygen atoms in total. The highest BCUT2D eigenvalue weighted by molar-refractivity contribution is 6.31. The third kappa shape index (κ3) is 4.01. The lowest BCUT2D eigenvalue weighted by molar-refractivity contribution is -0.142. The second kappa shape index (κ2) is 6.83. The van der Waals surface area contributed by atoms with Gasteiger partial charge in [-0.2, -0.15) is 0 Å². The Balaban J connectivity index is 2.10. The van der Waals surface area contributed by atoms with E-state index in [9.17, 15) is 9.59 Å². The third-order valence-corrected chi connectivity index (χ3v) is 3.63. The van der Waals surface area contributed by atoms with E-state index in [-0.39, 0.29) is 18.4 Å². The van der Waals surface area contributed by atoms with E-state index in [4.69, 9.17) is 16.7 Å². The predicted octanol–water partition coefficient (Wildman–Crippen LogP) is 2.91. The number of rotatable bonds is 6. The molecule has 0 aliphatic heterocycles. The van der Waals surface area contributed by atoms with Crippen molar-refractivity contribution in [1.82, 2.24) is 9.88 Å². The van der Waals surface area contributed by atoms with Crippen molar-refractivity contribution >= 4 is 34.4 Å². The highest BCUT2D eigenvalue weighted by atomic mass is 35.5. The summed E-state index contributed by atoms with van der Waals surface area (Å²) in [5.41, 5.74) is 0.846. The van der Waals surface area contributed by atoms with E-state index in [1.165, 1.54) is 0 Å². The van der Waals surface area contributed by atoms with Gasteiger partial charge in [-0.15, -0.1) is 0 Å². The van der Waals surface area contributed by atoms with Crippen LogP contribution in [0.25, 0.3) is 10.9 Å². The number of hydrogen-bond donors (Lipinski definition) is 2. The van der Waals surface area contributed by atoms with Gasteiger partial charge in [0.05, 0.1) is 0 Å². The van der Waals surface area contributed by atoms with Gasteiger partial charge in [0.1, 0.15) is 12.6 Å². The van der Waals surface area contributed by atoms with Crippen molar-refractivity contribution in [3.63, 3.8) is 0 Å². The minimum atomic E-state index is -1.01. The molecule has 1 amide bonds. The lowest BCUT2D eigenvalue weighted by atomic mass is 10.0. The van der Waals surface area contributed by atoms with Crippen LogP contribution >= 0.6 is 11.6 Å². The zero-order chi connectivity index (χ0) is 16.3. The van der Waals surface area contributed by atoms with Crippen LogP contribution in [-0.2, 0) is 16.1 Å². The smallest absolute Gasteiger partial charge is 0.326 e. The second-order valence-corrected chi connectivity index (χ2v) is 6.17. The highest BCUT2D eigenvalue weighted by Crippen LogP contribution is 2.20. The van der Waals surface area contributed by atoms with E-state index in [0.717, 1.165) is 10.9 Å². The first-order valence-electron chi connectivity index (χ1n) is 7.13. The molecule has 2 N–H and O–H groups in total. The van der Waals surface area contributed by atoms with E-state index in [1.807, 2.05) is 26.0 Å². The molecule has 1 atom stereocenters. The number of nitrogens with zero attached hydrogens (tertiary/aromatic N) is 1. The quantitative estimate of drug-likeness (QED) is 0.859. The summed E-state index contributed by atoms with van der Waals surface area (Å²) >= 11 is 5.98. The molecular weight excluding hydrogens is 304 g/mol. The van der Waals surface area contributed by atoms with E-state index >= 15 is 0 Å². The highest BCUT2D eigenvalue weighted by Gasteiger charge is 2.21. The Morgan fingerprint density at radius 3 is 2.68 bits per heavy atom. The van der Waals surface area contributed by atoms with Crippen molar-refractivity contribution in [3.05, 3.63) is 35.5 Å². The first-order chi connectivity index (χ1) is 10.4. The van der Waals surface area contributed by atoms with Crippen molar-refractivity contribution < 1.29 is 14.7 Å². The number of amides is 1. The van der Waals surface area contributed by atoms with Crippen LogP contribution in [0.5, 0.6) is 0 Å². The number of fused-ring (bicyclic) bond motifs is 1. The molecule has 0 saturated carbocycles. The SMILES string of the molecule is CC(C)C[C@H](NC(=O)Cn1ccc2ccc(Cl)cc21)C(=O)O. The van der Waals surface area contributed by atoms with Crippen LogP contribution in [0.1, 0.15) is 20.3 Å². The summed E-state index contributed by atoms with van der Waals surface area (Å²) in [6.07, 6.45) is 2.19. The molecule has 0 unspecified atom stereocenters. The fraction of sp³-hybridized carbons (Fsp3) is 0.375. The van der Waals surface area contributed by atoms with E-state index in [0.29, 0.717) is 11.4 Å². The summed E-state index contributed by atoms with van der Waals surface area (Å²) in [5.74, 6) is -1.15. The Kier molecular flexibility index (Phi) is 5.08. The van der Waals surface area contributed by atoms with Gasteiger partial charge in [0.15, 0.2) is 0 Å². The molecule has 2 rings (SSSR count). The molecule has 22 heavy (non-hydrogen) atoms. The lowest BCUT2D eigenvalue weighted by Crippen LogP contribution is -2.43. The Labute approximate surface area is 133 Å². The molecule has 0 bridgehead atoms. The standard InChI is InChI=1S/C16H19ClN2O3/c1-10(2)7-13(16(21)22)18-15(20)9-19-6-5-11-3-4-12(17)8-14(11)19/h3-6,8,10,13H,7,9H2,1-2H3,(H,18,20)(H,21,22)/t13-/m0/s1. The minimum Gasteiger partial charge on any atom is -0.480 e. The number of carboxylic acids is 1. The van der Waals surface area contributed by atoms with Crippen LogP contribution in [0.4, 0.5) is 0 Å². The Bertz CT molecular complexity index is 694. The van der Waals surface area contributed by atoms with Crippen LogP contribution in [-0.4, -0.2) is 27.6 Å². The second-order valence-electron chi connectivity index (χ2n) is 5.73. The Morgan fingerprint density at radius 2 is 2.05 bits per heavy atom. The number of hydrogen-bond acceptors (Lipinski definition) is 2. The largest absolute Gasteiger partial charge is 0.480 e. The summed E-state index contributed by atoms with van der Waals surface area (Å²) in [4.78, 5) is 23.3. The molecule has 1 aromatic heterocycles. The zero-order valence-corrected chi connectivity index (χ0v) is 13.3. The van der Waals surface area contributed by atoms with Crippen molar-refractivity contribution in [2.75, 3.05) is 0 Å². The topological polar surface area (TPSA) is 71.3 Å². The number of carbonyl (C=O) groups is 2. The molecule has 6 heteroatoms. The van der Waals surface area contributed by atoms with Gasteiger partial charge in [0, 0.05) is 16.7 Å². The van der Waals surface area contributed by atoms with Gasteiger partial charge in [-0.25, -0.2) is 4.79 Å². The predicted molar refractivity (Wildman–Crippen MR) is 86.0 cm³/mol. The average molecular weight is 323 g/mol. The Hall–Kier alpha value is -2.01. The molecule has 0 radical (unpaired) electrons. The maximum absolute atomic E-state index is 12.1. The first-order valence-corrected chi connectivity index (χ1v) is 7.51. The van der Waals surface area contributed by atoms with Crippen LogP contribution in [0.3, 0.4) is 0 Å². The van der Waals surface area contributed by atoms with Crippen LogP contribution in [0.15, 0.2) is 30.5 Å². The number of aromatic nitrogens is 1.